The minimum Gasteiger partial charge on any atom is -0.468 e. The number of nitrogens with two attached hydrogens (primary N) is 1. The van der Waals surface area contributed by atoms with Crippen molar-refractivity contribution >= 4 is 23.4 Å². The highest BCUT2D eigenvalue weighted by Crippen LogP contribution is 2.34. The molecule has 0 amide bonds. The van der Waals surface area contributed by atoms with Crippen LogP contribution in [0.2, 0.25) is 5.02 Å². The van der Waals surface area contributed by atoms with Gasteiger partial charge in [0.2, 0.25) is 0 Å². The summed E-state index contributed by atoms with van der Waals surface area (Å²) < 4.78 is 5.44. The second-order valence-electron chi connectivity index (χ2n) is 4.23. The summed E-state index contributed by atoms with van der Waals surface area (Å²) in [6, 6.07) is 11.8. The Kier molecular flexibility index (Phi) is 4.75. The van der Waals surface area contributed by atoms with Gasteiger partial charge in [-0.25, -0.2) is 0 Å². The molecule has 2 atom stereocenters. The number of hydrogen-bond donors (Lipinski definition) is 1. The van der Waals surface area contributed by atoms with Gasteiger partial charge in [0.25, 0.3) is 0 Å². The molecule has 0 saturated heterocycles. The van der Waals surface area contributed by atoms with E-state index in [-0.39, 0.29) is 11.3 Å². The highest BCUT2D eigenvalue weighted by Gasteiger charge is 2.19. The van der Waals surface area contributed by atoms with E-state index in [4.69, 9.17) is 21.8 Å². The lowest BCUT2D eigenvalue weighted by molar-refractivity contribution is 0.486. The summed E-state index contributed by atoms with van der Waals surface area (Å²) >= 11 is 7.65. The summed E-state index contributed by atoms with van der Waals surface area (Å²) in [5.74, 6) is 1.83. The Morgan fingerprint density at radius 1 is 1.28 bits per heavy atom. The molecule has 2 unspecified atom stereocenters. The van der Waals surface area contributed by atoms with Gasteiger partial charge in [0.15, 0.2) is 0 Å². The van der Waals surface area contributed by atoms with Crippen LogP contribution in [0.3, 0.4) is 0 Å². The molecule has 1 aromatic carbocycles. The molecular weight excluding hydrogens is 266 g/mol. The first kappa shape index (κ1) is 13.5. The predicted molar refractivity (Wildman–Crippen MR) is 77.8 cm³/mol. The van der Waals surface area contributed by atoms with Crippen LogP contribution in [0, 0.1) is 0 Å². The molecular formula is C14H16ClNOS. The molecule has 2 N–H and O–H groups in total. The standard InChI is InChI=1S/C14H16ClNOS/c1-10(16)14(13-3-2-8-17-13)18-9-11-4-6-12(15)7-5-11/h2-8,10,14H,9,16H2,1H3. The predicted octanol–water partition coefficient (Wildman–Crippen LogP) is 4.25. The summed E-state index contributed by atoms with van der Waals surface area (Å²) in [5.41, 5.74) is 7.25. The zero-order chi connectivity index (χ0) is 13.0. The first-order chi connectivity index (χ1) is 8.66. The van der Waals surface area contributed by atoms with E-state index in [0.29, 0.717) is 0 Å². The number of rotatable bonds is 5. The quantitative estimate of drug-likeness (QED) is 0.890. The van der Waals surface area contributed by atoms with Crippen molar-refractivity contribution in [2.75, 3.05) is 0 Å². The average Bonchev–Trinajstić information content (AvgIpc) is 2.85. The minimum absolute atomic E-state index is 0.0495. The fraction of sp³-hybridized carbons (Fsp3) is 0.286. The van der Waals surface area contributed by atoms with E-state index in [1.54, 1.807) is 18.0 Å². The van der Waals surface area contributed by atoms with Gasteiger partial charge in [-0.15, -0.1) is 11.8 Å². The van der Waals surface area contributed by atoms with Gasteiger partial charge < -0.3 is 10.2 Å². The van der Waals surface area contributed by atoms with Gasteiger partial charge in [-0.05, 0) is 36.8 Å². The van der Waals surface area contributed by atoms with Gasteiger partial charge in [-0.3, -0.25) is 0 Å². The number of hydrogen-bond acceptors (Lipinski definition) is 3. The fourth-order valence-electron chi connectivity index (χ4n) is 1.71. The zero-order valence-corrected chi connectivity index (χ0v) is 11.7. The Morgan fingerprint density at radius 3 is 2.56 bits per heavy atom. The lowest BCUT2D eigenvalue weighted by Gasteiger charge is -2.18. The summed E-state index contributed by atoms with van der Waals surface area (Å²) in [6.45, 7) is 2.00. The van der Waals surface area contributed by atoms with Crippen LogP contribution < -0.4 is 5.73 Å². The average molecular weight is 282 g/mol. The molecule has 96 valence electrons. The van der Waals surface area contributed by atoms with Crippen molar-refractivity contribution in [2.45, 2.75) is 24.0 Å². The van der Waals surface area contributed by atoms with Crippen molar-refractivity contribution in [1.82, 2.24) is 0 Å². The number of benzene rings is 1. The van der Waals surface area contributed by atoms with Crippen molar-refractivity contribution in [1.29, 1.82) is 0 Å². The van der Waals surface area contributed by atoms with Crippen LogP contribution in [0.1, 0.15) is 23.5 Å². The van der Waals surface area contributed by atoms with Crippen LogP contribution in [0.4, 0.5) is 0 Å². The van der Waals surface area contributed by atoms with Gasteiger partial charge in [0.05, 0.1) is 11.5 Å². The third kappa shape index (κ3) is 3.55. The molecule has 1 aromatic heterocycles. The summed E-state index contributed by atoms with van der Waals surface area (Å²) in [6.07, 6.45) is 1.69. The van der Waals surface area contributed by atoms with Crippen LogP contribution in [-0.2, 0) is 5.75 Å². The van der Waals surface area contributed by atoms with E-state index in [0.717, 1.165) is 16.5 Å². The SMILES string of the molecule is CC(N)C(SCc1ccc(Cl)cc1)c1ccco1. The number of furan rings is 1. The lowest BCUT2D eigenvalue weighted by atomic mass is 10.2. The minimum atomic E-state index is 0.0495. The largest absolute Gasteiger partial charge is 0.468 e. The maximum atomic E-state index is 6.01. The molecule has 0 saturated carbocycles. The number of thioether (sulfide) groups is 1. The Morgan fingerprint density at radius 2 is 2.00 bits per heavy atom. The smallest absolute Gasteiger partial charge is 0.118 e. The van der Waals surface area contributed by atoms with Crippen LogP contribution in [0.15, 0.2) is 47.1 Å². The molecule has 4 heteroatoms. The van der Waals surface area contributed by atoms with Gasteiger partial charge in [0.1, 0.15) is 5.76 Å². The second-order valence-corrected chi connectivity index (χ2v) is 5.80. The molecule has 0 bridgehead atoms. The maximum absolute atomic E-state index is 6.01. The normalized spacial score (nSPS) is 14.4. The molecule has 0 radical (unpaired) electrons. The first-order valence-electron chi connectivity index (χ1n) is 5.82. The fourth-order valence-corrected chi connectivity index (χ4v) is 3.01. The van der Waals surface area contributed by atoms with E-state index in [2.05, 4.69) is 0 Å². The van der Waals surface area contributed by atoms with E-state index in [9.17, 15) is 0 Å². The first-order valence-corrected chi connectivity index (χ1v) is 7.24. The molecule has 18 heavy (non-hydrogen) atoms. The van der Waals surface area contributed by atoms with Crippen molar-refractivity contribution in [2.24, 2.45) is 5.73 Å². The lowest BCUT2D eigenvalue weighted by Crippen LogP contribution is -2.22. The topological polar surface area (TPSA) is 39.2 Å². The van der Waals surface area contributed by atoms with E-state index < -0.39 is 0 Å². The molecule has 1 heterocycles. The van der Waals surface area contributed by atoms with Crippen LogP contribution >= 0.6 is 23.4 Å². The van der Waals surface area contributed by atoms with Crippen LogP contribution in [-0.4, -0.2) is 6.04 Å². The van der Waals surface area contributed by atoms with E-state index in [1.807, 2.05) is 43.3 Å². The number of halogens is 1. The van der Waals surface area contributed by atoms with E-state index in [1.165, 1.54) is 5.56 Å². The van der Waals surface area contributed by atoms with Crippen LogP contribution in [0.5, 0.6) is 0 Å². The molecule has 2 aromatic rings. The van der Waals surface area contributed by atoms with Crippen LogP contribution in [0.25, 0.3) is 0 Å². The van der Waals surface area contributed by atoms with E-state index >= 15 is 0 Å². The molecule has 0 spiro atoms. The molecule has 0 aliphatic rings. The molecule has 0 fully saturated rings. The third-order valence-corrected chi connectivity index (χ3v) is 4.42. The van der Waals surface area contributed by atoms with Gasteiger partial charge in [-0.1, -0.05) is 23.7 Å². The highest BCUT2D eigenvalue weighted by atomic mass is 35.5. The van der Waals surface area contributed by atoms with Gasteiger partial charge in [0, 0.05) is 16.8 Å². The van der Waals surface area contributed by atoms with Crippen molar-refractivity contribution < 1.29 is 4.42 Å². The second kappa shape index (κ2) is 6.32. The van der Waals surface area contributed by atoms with Crippen molar-refractivity contribution in [3.63, 3.8) is 0 Å². The molecule has 0 aliphatic carbocycles. The summed E-state index contributed by atoms with van der Waals surface area (Å²) in [5, 5.41) is 0.939. The van der Waals surface area contributed by atoms with Gasteiger partial charge >= 0.3 is 0 Å². The molecule has 2 nitrogen and oxygen atoms in total. The maximum Gasteiger partial charge on any atom is 0.118 e. The highest BCUT2D eigenvalue weighted by molar-refractivity contribution is 7.98. The van der Waals surface area contributed by atoms with Crippen molar-refractivity contribution in [3.05, 3.63) is 59.0 Å². The van der Waals surface area contributed by atoms with Gasteiger partial charge in [-0.2, -0.15) is 0 Å². The Balaban J connectivity index is 2.00. The Hall–Kier alpha value is -0.900. The molecule has 2 rings (SSSR count). The molecule has 0 aliphatic heterocycles. The summed E-state index contributed by atoms with van der Waals surface area (Å²) in [7, 11) is 0. The zero-order valence-electron chi connectivity index (χ0n) is 10.2. The Labute approximate surface area is 117 Å². The van der Waals surface area contributed by atoms with Crippen molar-refractivity contribution in [3.8, 4) is 0 Å². The Bertz CT molecular complexity index is 467. The monoisotopic (exact) mass is 281 g/mol. The third-order valence-electron chi connectivity index (χ3n) is 2.64. The summed E-state index contributed by atoms with van der Waals surface area (Å²) in [4.78, 5) is 0.